The number of nitrogens with two attached hydrogens (primary N) is 1. The van der Waals surface area contributed by atoms with Crippen LogP contribution in [0.4, 0.5) is 0 Å². The number of rotatable bonds is 7. The van der Waals surface area contributed by atoms with Crippen molar-refractivity contribution in [3.05, 3.63) is 21.9 Å². The van der Waals surface area contributed by atoms with Crippen LogP contribution in [0, 0.1) is 0 Å². The van der Waals surface area contributed by atoms with Gasteiger partial charge < -0.3 is 16.0 Å². The van der Waals surface area contributed by atoms with E-state index < -0.39 is 0 Å². The normalized spacial score (nSPS) is 16.6. The SMILES string of the molecule is NC(=O)c1csc(CNCCCN2CCCCC2)c1. The van der Waals surface area contributed by atoms with Crippen LogP contribution in [0.15, 0.2) is 11.4 Å². The largest absolute Gasteiger partial charge is 0.366 e. The summed E-state index contributed by atoms with van der Waals surface area (Å²) in [6.45, 7) is 5.60. The zero-order valence-corrected chi connectivity index (χ0v) is 12.2. The third-order valence-electron chi connectivity index (χ3n) is 3.51. The minimum atomic E-state index is -0.340. The van der Waals surface area contributed by atoms with Gasteiger partial charge in [-0.2, -0.15) is 0 Å². The number of nitrogens with one attached hydrogen (secondary N) is 1. The lowest BCUT2D eigenvalue weighted by atomic mass is 10.1. The molecule has 1 aliphatic rings. The van der Waals surface area contributed by atoms with Crippen LogP contribution in [0.1, 0.15) is 40.9 Å². The molecule has 0 atom stereocenters. The summed E-state index contributed by atoms with van der Waals surface area (Å²) in [4.78, 5) is 14.7. The molecule has 106 valence electrons. The molecule has 0 radical (unpaired) electrons. The van der Waals surface area contributed by atoms with Crippen molar-refractivity contribution in [2.45, 2.75) is 32.2 Å². The Morgan fingerprint density at radius 2 is 2.16 bits per heavy atom. The van der Waals surface area contributed by atoms with Crippen LogP contribution < -0.4 is 11.1 Å². The third-order valence-corrected chi connectivity index (χ3v) is 4.45. The Morgan fingerprint density at radius 1 is 1.37 bits per heavy atom. The number of piperidine rings is 1. The third kappa shape index (κ3) is 4.93. The van der Waals surface area contributed by atoms with E-state index in [1.807, 2.05) is 11.4 Å². The Morgan fingerprint density at radius 3 is 2.84 bits per heavy atom. The molecule has 0 bridgehead atoms. The van der Waals surface area contributed by atoms with Crippen LogP contribution in [0.5, 0.6) is 0 Å². The second-order valence-electron chi connectivity index (χ2n) is 5.10. The molecule has 0 spiro atoms. The molecule has 1 aromatic rings. The Bertz CT molecular complexity index is 399. The molecule has 1 amide bonds. The summed E-state index contributed by atoms with van der Waals surface area (Å²) in [6.07, 6.45) is 5.31. The van der Waals surface area contributed by atoms with E-state index in [0.717, 1.165) is 13.1 Å². The maximum atomic E-state index is 11.0. The lowest BCUT2D eigenvalue weighted by molar-refractivity contribution is 0.100. The molecular formula is C14H23N3OS. The number of thiophene rings is 1. The predicted octanol–water partition coefficient (Wildman–Crippen LogP) is 1.81. The highest BCUT2D eigenvalue weighted by molar-refractivity contribution is 7.10. The average molecular weight is 281 g/mol. The highest BCUT2D eigenvalue weighted by Crippen LogP contribution is 2.13. The second kappa shape index (κ2) is 7.62. The molecule has 1 aliphatic heterocycles. The van der Waals surface area contributed by atoms with Crippen LogP contribution in [0.2, 0.25) is 0 Å². The molecule has 0 saturated carbocycles. The Balaban J connectivity index is 1.57. The highest BCUT2D eigenvalue weighted by atomic mass is 32.1. The first kappa shape index (κ1) is 14.5. The van der Waals surface area contributed by atoms with E-state index in [0.29, 0.717) is 5.56 Å². The quantitative estimate of drug-likeness (QED) is 0.749. The van der Waals surface area contributed by atoms with Crippen molar-refractivity contribution in [2.24, 2.45) is 5.73 Å². The summed E-state index contributed by atoms with van der Waals surface area (Å²) in [5.41, 5.74) is 5.85. The number of carbonyl (C=O) groups is 1. The molecule has 2 rings (SSSR count). The first-order valence-corrected chi connectivity index (χ1v) is 7.94. The number of likely N-dealkylation sites (tertiary alicyclic amines) is 1. The minimum Gasteiger partial charge on any atom is -0.366 e. The van der Waals surface area contributed by atoms with Gasteiger partial charge in [-0.3, -0.25) is 4.79 Å². The van der Waals surface area contributed by atoms with Gasteiger partial charge in [0, 0.05) is 16.8 Å². The molecule has 4 nitrogen and oxygen atoms in total. The molecule has 1 saturated heterocycles. The van der Waals surface area contributed by atoms with E-state index in [9.17, 15) is 4.79 Å². The van der Waals surface area contributed by atoms with Crippen molar-refractivity contribution >= 4 is 17.2 Å². The molecule has 19 heavy (non-hydrogen) atoms. The molecule has 3 N–H and O–H groups in total. The van der Waals surface area contributed by atoms with Crippen LogP contribution in [0.25, 0.3) is 0 Å². The lowest BCUT2D eigenvalue weighted by Crippen LogP contribution is -2.32. The van der Waals surface area contributed by atoms with E-state index in [1.54, 1.807) is 11.3 Å². The first-order valence-electron chi connectivity index (χ1n) is 7.06. The van der Waals surface area contributed by atoms with Gasteiger partial charge >= 0.3 is 0 Å². The van der Waals surface area contributed by atoms with Crippen molar-refractivity contribution in [3.8, 4) is 0 Å². The molecule has 1 aromatic heterocycles. The fraction of sp³-hybridized carbons (Fsp3) is 0.643. The molecule has 0 aliphatic carbocycles. The second-order valence-corrected chi connectivity index (χ2v) is 6.09. The summed E-state index contributed by atoms with van der Waals surface area (Å²) in [5, 5.41) is 5.25. The maximum Gasteiger partial charge on any atom is 0.249 e. The first-order chi connectivity index (χ1) is 9.25. The van der Waals surface area contributed by atoms with Gasteiger partial charge in [0.1, 0.15) is 0 Å². The van der Waals surface area contributed by atoms with Gasteiger partial charge in [-0.1, -0.05) is 6.42 Å². The molecule has 0 unspecified atom stereocenters. The van der Waals surface area contributed by atoms with E-state index in [2.05, 4.69) is 10.2 Å². The number of hydrogen-bond donors (Lipinski definition) is 2. The topological polar surface area (TPSA) is 58.4 Å². The fourth-order valence-electron chi connectivity index (χ4n) is 2.42. The predicted molar refractivity (Wildman–Crippen MR) is 79.5 cm³/mol. The molecule has 2 heterocycles. The highest BCUT2D eigenvalue weighted by Gasteiger charge is 2.09. The zero-order chi connectivity index (χ0) is 13.5. The summed E-state index contributed by atoms with van der Waals surface area (Å²) in [7, 11) is 0. The Hall–Kier alpha value is -0.910. The lowest BCUT2D eigenvalue weighted by Gasteiger charge is -2.26. The van der Waals surface area contributed by atoms with Gasteiger partial charge in [-0.25, -0.2) is 0 Å². The Labute approximate surface area is 119 Å². The van der Waals surface area contributed by atoms with Gasteiger partial charge in [0.15, 0.2) is 0 Å². The number of primary amides is 1. The molecule has 0 aromatic carbocycles. The van der Waals surface area contributed by atoms with Crippen LogP contribution in [0.3, 0.4) is 0 Å². The zero-order valence-electron chi connectivity index (χ0n) is 11.4. The summed E-state index contributed by atoms with van der Waals surface area (Å²) in [6, 6.07) is 1.88. The number of carbonyl (C=O) groups excluding carboxylic acids is 1. The van der Waals surface area contributed by atoms with Crippen molar-refractivity contribution in [1.29, 1.82) is 0 Å². The Kier molecular flexibility index (Phi) is 5.82. The van der Waals surface area contributed by atoms with E-state index in [-0.39, 0.29) is 5.91 Å². The van der Waals surface area contributed by atoms with E-state index in [4.69, 9.17) is 5.73 Å². The van der Waals surface area contributed by atoms with Gasteiger partial charge in [-0.05, 0) is 51.5 Å². The smallest absolute Gasteiger partial charge is 0.249 e. The number of nitrogens with zero attached hydrogens (tertiary/aromatic N) is 1. The average Bonchev–Trinajstić information content (AvgIpc) is 2.89. The molecule has 5 heteroatoms. The van der Waals surface area contributed by atoms with Gasteiger partial charge in [0.2, 0.25) is 5.91 Å². The summed E-state index contributed by atoms with van der Waals surface area (Å²) >= 11 is 1.59. The van der Waals surface area contributed by atoms with Gasteiger partial charge in [-0.15, -0.1) is 11.3 Å². The van der Waals surface area contributed by atoms with E-state index >= 15 is 0 Å². The molecular weight excluding hydrogens is 258 g/mol. The number of amides is 1. The van der Waals surface area contributed by atoms with Crippen LogP contribution in [-0.4, -0.2) is 37.0 Å². The monoisotopic (exact) mass is 281 g/mol. The van der Waals surface area contributed by atoms with Crippen LogP contribution >= 0.6 is 11.3 Å². The maximum absolute atomic E-state index is 11.0. The fourth-order valence-corrected chi connectivity index (χ4v) is 3.27. The van der Waals surface area contributed by atoms with Crippen molar-refractivity contribution in [3.63, 3.8) is 0 Å². The van der Waals surface area contributed by atoms with E-state index in [1.165, 1.54) is 50.2 Å². The summed E-state index contributed by atoms with van der Waals surface area (Å²) in [5.74, 6) is -0.340. The molecule has 1 fully saturated rings. The van der Waals surface area contributed by atoms with Crippen LogP contribution in [-0.2, 0) is 6.54 Å². The van der Waals surface area contributed by atoms with Gasteiger partial charge in [0.25, 0.3) is 0 Å². The number of hydrogen-bond acceptors (Lipinski definition) is 4. The van der Waals surface area contributed by atoms with Crippen molar-refractivity contribution < 1.29 is 4.79 Å². The van der Waals surface area contributed by atoms with Crippen molar-refractivity contribution in [2.75, 3.05) is 26.2 Å². The summed E-state index contributed by atoms with van der Waals surface area (Å²) < 4.78 is 0. The minimum absolute atomic E-state index is 0.340. The van der Waals surface area contributed by atoms with Gasteiger partial charge in [0.05, 0.1) is 5.56 Å². The standard InChI is InChI=1S/C14H23N3OS/c15-14(18)12-9-13(19-11-12)10-16-5-4-8-17-6-2-1-3-7-17/h9,11,16H,1-8,10H2,(H2,15,18). The van der Waals surface area contributed by atoms with Crippen molar-refractivity contribution in [1.82, 2.24) is 10.2 Å².